The van der Waals surface area contributed by atoms with Gasteiger partial charge in [-0.05, 0) is 44.5 Å². The van der Waals surface area contributed by atoms with Gasteiger partial charge in [-0.25, -0.2) is 0 Å². The zero-order valence-corrected chi connectivity index (χ0v) is 13.9. The maximum Gasteiger partial charge on any atom is 0.224 e. The Hall–Kier alpha value is -2.21. The van der Waals surface area contributed by atoms with Crippen molar-refractivity contribution in [1.82, 2.24) is 19.9 Å². The second-order valence-electron chi connectivity index (χ2n) is 6.11. The summed E-state index contributed by atoms with van der Waals surface area (Å²) < 4.78 is 1.91. The summed E-state index contributed by atoms with van der Waals surface area (Å²) in [5.41, 5.74) is 0.793. The van der Waals surface area contributed by atoms with Gasteiger partial charge in [-0.15, -0.1) is 21.5 Å². The van der Waals surface area contributed by atoms with Crippen LogP contribution in [0.15, 0.2) is 36.5 Å². The summed E-state index contributed by atoms with van der Waals surface area (Å²) in [5.74, 6) is 1.35. The third kappa shape index (κ3) is 2.63. The number of nitrogens with one attached hydrogen (secondary N) is 1. The summed E-state index contributed by atoms with van der Waals surface area (Å²) in [6.07, 6.45) is 2.86. The van der Waals surface area contributed by atoms with Crippen LogP contribution < -0.4 is 5.32 Å². The monoisotopic (exact) mass is 326 g/mol. The van der Waals surface area contributed by atoms with Gasteiger partial charge in [-0.3, -0.25) is 9.20 Å². The molecule has 0 radical (unpaired) electrons. The van der Waals surface area contributed by atoms with Gasteiger partial charge in [0.25, 0.3) is 0 Å². The van der Waals surface area contributed by atoms with Crippen LogP contribution in [0.25, 0.3) is 5.65 Å². The normalized spacial score (nSPS) is 21.3. The smallest absolute Gasteiger partial charge is 0.224 e. The minimum Gasteiger partial charge on any atom is -0.346 e. The minimum absolute atomic E-state index is 0.0923. The SMILES string of the molecule is Cc1ccc(C2CC2C(=O)NC(C)c2nnc3ccccn23)s1. The standard InChI is InChI=1S/C17H18N4OS/c1-10-6-7-14(23-10)12-9-13(12)17(22)18-11(2)16-20-19-15-5-3-4-8-21(15)16/h3-8,11-13H,9H2,1-2H3,(H,18,22). The van der Waals surface area contributed by atoms with Crippen molar-refractivity contribution in [2.24, 2.45) is 5.92 Å². The van der Waals surface area contributed by atoms with Gasteiger partial charge in [-0.1, -0.05) is 6.07 Å². The number of hydrogen-bond donors (Lipinski definition) is 1. The van der Waals surface area contributed by atoms with E-state index in [1.807, 2.05) is 35.7 Å². The third-order valence-electron chi connectivity index (χ3n) is 4.34. The van der Waals surface area contributed by atoms with Crippen LogP contribution >= 0.6 is 11.3 Å². The van der Waals surface area contributed by atoms with E-state index in [1.54, 1.807) is 11.3 Å². The highest BCUT2D eigenvalue weighted by atomic mass is 32.1. The summed E-state index contributed by atoms with van der Waals surface area (Å²) >= 11 is 1.79. The Morgan fingerprint density at radius 1 is 1.35 bits per heavy atom. The molecule has 1 fully saturated rings. The summed E-state index contributed by atoms with van der Waals surface area (Å²) in [7, 11) is 0. The molecule has 0 aliphatic heterocycles. The Labute approximate surface area is 138 Å². The maximum atomic E-state index is 12.5. The fraction of sp³-hybridized carbons (Fsp3) is 0.353. The molecule has 1 aliphatic carbocycles. The molecule has 3 aromatic heterocycles. The molecule has 23 heavy (non-hydrogen) atoms. The molecule has 3 unspecified atom stereocenters. The Bertz CT molecular complexity index is 868. The quantitative estimate of drug-likeness (QED) is 0.801. The molecule has 0 aromatic carbocycles. The highest BCUT2D eigenvalue weighted by molar-refractivity contribution is 7.12. The molecule has 0 saturated heterocycles. The number of aryl methyl sites for hydroxylation is 1. The number of fused-ring (bicyclic) bond motifs is 1. The first-order valence-electron chi connectivity index (χ1n) is 7.80. The molecule has 6 heteroatoms. The number of carbonyl (C=O) groups is 1. The van der Waals surface area contributed by atoms with Crippen LogP contribution in [0.4, 0.5) is 0 Å². The van der Waals surface area contributed by atoms with Crippen molar-refractivity contribution in [3.05, 3.63) is 52.1 Å². The molecular formula is C17H18N4OS. The lowest BCUT2D eigenvalue weighted by Gasteiger charge is -2.12. The maximum absolute atomic E-state index is 12.5. The van der Waals surface area contributed by atoms with E-state index in [2.05, 4.69) is 34.6 Å². The van der Waals surface area contributed by atoms with E-state index in [9.17, 15) is 4.79 Å². The van der Waals surface area contributed by atoms with Gasteiger partial charge in [-0.2, -0.15) is 0 Å². The van der Waals surface area contributed by atoms with Gasteiger partial charge >= 0.3 is 0 Å². The largest absolute Gasteiger partial charge is 0.346 e. The van der Waals surface area contributed by atoms with E-state index in [0.717, 1.165) is 17.9 Å². The zero-order valence-electron chi connectivity index (χ0n) is 13.1. The van der Waals surface area contributed by atoms with E-state index in [4.69, 9.17) is 0 Å². The fourth-order valence-corrected chi connectivity index (χ4v) is 4.05. The van der Waals surface area contributed by atoms with Gasteiger partial charge < -0.3 is 5.32 Å². The lowest BCUT2D eigenvalue weighted by Crippen LogP contribution is -2.29. The average molecular weight is 326 g/mol. The van der Waals surface area contributed by atoms with E-state index < -0.39 is 0 Å². The zero-order chi connectivity index (χ0) is 16.0. The van der Waals surface area contributed by atoms with Crippen molar-refractivity contribution in [2.75, 3.05) is 0 Å². The molecule has 1 saturated carbocycles. The van der Waals surface area contributed by atoms with Crippen molar-refractivity contribution < 1.29 is 4.79 Å². The minimum atomic E-state index is -0.161. The van der Waals surface area contributed by atoms with E-state index in [1.165, 1.54) is 9.75 Å². The molecule has 1 amide bonds. The highest BCUT2D eigenvalue weighted by Gasteiger charge is 2.45. The molecule has 5 nitrogen and oxygen atoms in total. The van der Waals surface area contributed by atoms with Crippen LogP contribution in [0.3, 0.4) is 0 Å². The highest BCUT2D eigenvalue weighted by Crippen LogP contribution is 2.49. The number of thiophene rings is 1. The molecule has 3 heterocycles. The van der Waals surface area contributed by atoms with Crippen molar-refractivity contribution >= 4 is 22.9 Å². The predicted molar refractivity (Wildman–Crippen MR) is 89.4 cm³/mol. The first kappa shape index (κ1) is 14.4. The molecule has 0 bridgehead atoms. The third-order valence-corrected chi connectivity index (χ3v) is 5.47. The Kier molecular flexibility index (Phi) is 3.41. The number of pyridine rings is 1. The summed E-state index contributed by atoms with van der Waals surface area (Å²) in [6.45, 7) is 4.05. The molecular weight excluding hydrogens is 308 g/mol. The van der Waals surface area contributed by atoms with Crippen LogP contribution in [-0.2, 0) is 4.79 Å². The Balaban J connectivity index is 1.45. The number of amides is 1. The van der Waals surface area contributed by atoms with Gasteiger partial charge in [0.05, 0.1) is 6.04 Å². The Morgan fingerprint density at radius 3 is 3.00 bits per heavy atom. The molecule has 1 aliphatic rings. The van der Waals surface area contributed by atoms with E-state index in [0.29, 0.717) is 5.92 Å². The van der Waals surface area contributed by atoms with E-state index in [-0.39, 0.29) is 17.9 Å². The van der Waals surface area contributed by atoms with Crippen molar-refractivity contribution in [3.8, 4) is 0 Å². The molecule has 118 valence electrons. The lowest BCUT2D eigenvalue weighted by atomic mass is 10.2. The lowest BCUT2D eigenvalue weighted by molar-refractivity contribution is -0.123. The van der Waals surface area contributed by atoms with Gasteiger partial charge in [0.2, 0.25) is 5.91 Å². The average Bonchev–Trinajstić information content (AvgIpc) is 3.04. The van der Waals surface area contributed by atoms with Crippen LogP contribution in [-0.4, -0.2) is 20.5 Å². The van der Waals surface area contributed by atoms with Gasteiger partial charge in [0, 0.05) is 27.8 Å². The molecule has 0 spiro atoms. The van der Waals surface area contributed by atoms with Crippen LogP contribution in [0.5, 0.6) is 0 Å². The molecule has 4 rings (SSSR count). The predicted octanol–water partition coefficient (Wildman–Crippen LogP) is 3.08. The van der Waals surface area contributed by atoms with E-state index >= 15 is 0 Å². The van der Waals surface area contributed by atoms with Gasteiger partial charge in [0.15, 0.2) is 11.5 Å². The molecule has 3 atom stereocenters. The topological polar surface area (TPSA) is 59.3 Å². The van der Waals surface area contributed by atoms with Crippen molar-refractivity contribution in [3.63, 3.8) is 0 Å². The van der Waals surface area contributed by atoms with Crippen molar-refractivity contribution in [1.29, 1.82) is 0 Å². The first-order chi connectivity index (χ1) is 11.1. The number of carbonyl (C=O) groups excluding carboxylic acids is 1. The van der Waals surface area contributed by atoms with Crippen molar-refractivity contribution in [2.45, 2.75) is 32.2 Å². The van der Waals surface area contributed by atoms with Crippen LogP contribution in [0, 0.1) is 12.8 Å². The number of hydrogen-bond acceptors (Lipinski definition) is 4. The number of nitrogens with zero attached hydrogens (tertiary/aromatic N) is 3. The second-order valence-corrected chi connectivity index (χ2v) is 7.43. The number of aromatic nitrogens is 3. The fourth-order valence-electron chi connectivity index (χ4n) is 2.99. The molecule has 3 aromatic rings. The summed E-state index contributed by atoms with van der Waals surface area (Å²) in [4.78, 5) is 15.1. The van der Waals surface area contributed by atoms with Crippen LogP contribution in [0.1, 0.15) is 40.9 Å². The summed E-state index contributed by atoms with van der Waals surface area (Å²) in [5, 5.41) is 11.4. The summed E-state index contributed by atoms with van der Waals surface area (Å²) in [6, 6.07) is 9.87. The van der Waals surface area contributed by atoms with Gasteiger partial charge in [0.1, 0.15) is 0 Å². The number of rotatable bonds is 4. The first-order valence-corrected chi connectivity index (χ1v) is 8.61. The Morgan fingerprint density at radius 2 is 2.22 bits per heavy atom. The molecule has 1 N–H and O–H groups in total. The van der Waals surface area contributed by atoms with Crippen LogP contribution in [0.2, 0.25) is 0 Å². The second kappa shape index (κ2) is 5.45.